The second kappa shape index (κ2) is 7.52. The van der Waals surface area contributed by atoms with Crippen molar-refractivity contribution in [3.63, 3.8) is 0 Å². The molecule has 0 aliphatic carbocycles. The summed E-state index contributed by atoms with van der Waals surface area (Å²) in [5.41, 5.74) is 2.12. The van der Waals surface area contributed by atoms with E-state index in [0.29, 0.717) is 12.4 Å². The molecule has 3 rings (SSSR count). The molecule has 134 valence electrons. The number of carbonyl (C=O) groups is 1. The number of hydrogen-bond acceptors (Lipinski definition) is 5. The van der Waals surface area contributed by atoms with Crippen molar-refractivity contribution >= 4 is 11.6 Å². The van der Waals surface area contributed by atoms with Crippen molar-refractivity contribution in [2.24, 2.45) is 0 Å². The lowest BCUT2D eigenvalue weighted by molar-refractivity contribution is -0.123. The third kappa shape index (κ3) is 4.48. The van der Waals surface area contributed by atoms with Gasteiger partial charge in [-0.25, -0.2) is 9.89 Å². The van der Waals surface area contributed by atoms with Gasteiger partial charge in [0.1, 0.15) is 0 Å². The van der Waals surface area contributed by atoms with E-state index in [-0.39, 0.29) is 17.6 Å². The van der Waals surface area contributed by atoms with Gasteiger partial charge in [0.15, 0.2) is 5.82 Å². The monoisotopic (exact) mass is 344 g/mol. The third-order valence-electron chi connectivity index (χ3n) is 4.41. The molecule has 25 heavy (non-hydrogen) atoms. The molecule has 1 amide bonds. The first-order valence-corrected chi connectivity index (χ1v) is 8.49. The minimum absolute atomic E-state index is 0.0691. The van der Waals surface area contributed by atoms with Crippen LogP contribution in [0.25, 0.3) is 0 Å². The van der Waals surface area contributed by atoms with E-state index in [1.54, 1.807) is 6.92 Å². The van der Waals surface area contributed by atoms with Crippen molar-refractivity contribution in [3.05, 3.63) is 46.1 Å². The molecule has 1 aliphatic rings. The molecular formula is C17H24N6O2. The number of hydrogen-bond donors (Lipinski definition) is 3. The number of anilines is 1. The maximum absolute atomic E-state index is 12.2. The van der Waals surface area contributed by atoms with E-state index in [4.69, 9.17) is 0 Å². The Morgan fingerprint density at radius 3 is 2.72 bits per heavy atom. The van der Waals surface area contributed by atoms with E-state index in [9.17, 15) is 9.59 Å². The highest BCUT2D eigenvalue weighted by atomic mass is 16.2. The van der Waals surface area contributed by atoms with Crippen molar-refractivity contribution in [1.29, 1.82) is 0 Å². The van der Waals surface area contributed by atoms with Crippen LogP contribution in [0.2, 0.25) is 0 Å². The fourth-order valence-electron chi connectivity index (χ4n) is 3.04. The highest BCUT2D eigenvalue weighted by Gasteiger charge is 2.20. The van der Waals surface area contributed by atoms with E-state index in [1.165, 1.54) is 11.3 Å². The summed E-state index contributed by atoms with van der Waals surface area (Å²) < 4.78 is 0. The molecule has 1 aromatic heterocycles. The predicted molar refractivity (Wildman–Crippen MR) is 95.6 cm³/mol. The largest absolute Gasteiger partial charge is 0.369 e. The van der Waals surface area contributed by atoms with E-state index >= 15 is 0 Å². The summed E-state index contributed by atoms with van der Waals surface area (Å²) in [6.45, 7) is 7.72. The molecule has 0 spiro atoms. The standard InChI is InChI=1S/C17H24N6O2/c1-12-4-3-5-14(10-12)23-8-6-22(7-9-23)11-15(24)18-13(2)16-19-17(25)21-20-16/h3-5,10,13H,6-9,11H2,1-2H3,(H,18,24)(H2,19,20,21,25)/t13-/m0/s1. The average Bonchev–Trinajstić information content (AvgIpc) is 3.02. The molecule has 0 saturated carbocycles. The number of amides is 1. The van der Waals surface area contributed by atoms with Crippen LogP contribution in [-0.4, -0.2) is 58.7 Å². The van der Waals surface area contributed by atoms with Crippen molar-refractivity contribution in [1.82, 2.24) is 25.4 Å². The predicted octanol–water partition coefficient (Wildman–Crippen LogP) is 0.406. The van der Waals surface area contributed by atoms with Crippen molar-refractivity contribution in [3.8, 4) is 0 Å². The van der Waals surface area contributed by atoms with Crippen LogP contribution in [0.15, 0.2) is 29.1 Å². The molecular weight excluding hydrogens is 320 g/mol. The first-order chi connectivity index (χ1) is 12.0. The lowest BCUT2D eigenvalue weighted by atomic mass is 10.2. The molecule has 2 aromatic rings. The van der Waals surface area contributed by atoms with Gasteiger partial charge in [0.2, 0.25) is 5.91 Å². The average molecular weight is 344 g/mol. The van der Waals surface area contributed by atoms with Crippen LogP contribution in [0.5, 0.6) is 0 Å². The Morgan fingerprint density at radius 1 is 1.32 bits per heavy atom. The summed E-state index contributed by atoms with van der Waals surface area (Å²) in [6, 6.07) is 8.15. The van der Waals surface area contributed by atoms with Gasteiger partial charge in [0.25, 0.3) is 0 Å². The molecule has 1 atom stereocenters. The van der Waals surface area contributed by atoms with Gasteiger partial charge in [0.05, 0.1) is 12.6 Å². The fourth-order valence-corrected chi connectivity index (χ4v) is 3.04. The van der Waals surface area contributed by atoms with Crippen LogP contribution in [0.3, 0.4) is 0 Å². The van der Waals surface area contributed by atoms with Crippen LogP contribution < -0.4 is 15.9 Å². The van der Waals surface area contributed by atoms with Crippen LogP contribution in [0.1, 0.15) is 24.4 Å². The number of aromatic amines is 2. The highest BCUT2D eigenvalue weighted by molar-refractivity contribution is 5.78. The number of nitrogens with one attached hydrogen (secondary N) is 3. The summed E-state index contributed by atoms with van der Waals surface area (Å²) >= 11 is 0. The first kappa shape index (κ1) is 17.2. The fraction of sp³-hybridized carbons (Fsp3) is 0.471. The molecule has 8 heteroatoms. The van der Waals surface area contributed by atoms with Gasteiger partial charge in [-0.2, -0.15) is 5.10 Å². The normalized spacial score (nSPS) is 16.6. The Labute approximate surface area is 146 Å². The molecule has 1 aromatic carbocycles. The number of nitrogens with zero attached hydrogens (tertiary/aromatic N) is 3. The Kier molecular flexibility index (Phi) is 5.18. The van der Waals surface area contributed by atoms with Gasteiger partial charge in [-0.15, -0.1) is 0 Å². The Bertz CT molecular complexity index is 775. The van der Waals surface area contributed by atoms with Crippen LogP contribution in [-0.2, 0) is 4.79 Å². The van der Waals surface area contributed by atoms with Crippen LogP contribution in [0, 0.1) is 6.92 Å². The van der Waals surface area contributed by atoms with Crippen molar-refractivity contribution in [2.75, 3.05) is 37.6 Å². The topological polar surface area (TPSA) is 97.1 Å². The summed E-state index contributed by atoms with van der Waals surface area (Å²) in [7, 11) is 0. The molecule has 3 N–H and O–H groups in total. The molecule has 0 unspecified atom stereocenters. The maximum Gasteiger partial charge on any atom is 0.340 e. The number of aryl methyl sites for hydroxylation is 1. The van der Waals surface area contributed by atoms with Crippen molar-refractivity contribution < 1.29 is 4.79 Å². The Balaban J connectivity index is 1.47. The highest BCUT2D eigenvalue weighted by Crippen LogP contribution is 2.17. The van der Waals surface area contributed by atoms with Gasteiger partial charge in [-0.05, 0) is 31.5 Å². The minimum atomic E-state index is -0.372. The second-order valence-electron chi connectivity index (χ2n) is 6.45. The second-order valence-corrected chi connectivity index (χ2v) is 6.45. The van der Waals surface area contributed by atoms with Crippen LogP contribution >= 0.6 is 0 Å². The molecule has 8 nitrogen and oxygen atoms in total. The van der Waals surface area contributed by atoms with Gasteiger partial charge in [-0.3, -0.25) is 14.7 Å². The molecule has 2 heterocycles. The van der Waals surface area contributed by atoms with E-state index in [0.717, 1.165) is 26.2 Å². The Hall–Kier alpha value is -2.61. The number of carbonyl (C=O) groups excluding carboxylic acids is 1. The zero-order chi connectivity index (χ0) is 17.8. The lowest BCUT2D eigenvalue weighted by Gasteiger charge is -2.36. The maximum atomic E-state index is 12.2. The van der Waals surface area contributed by atoms with Gasteiger partial charge >= 0.3 is 5.69 Å². The van der Waals surface area contributed by atoms with E-state index in [2.05, 4.69) is 61.5 Å². The number of aromatic nitrogens is 3. The number of benzene rings is 1. The Morgan fingerprint density at radius 2 is 2.08 bits per heavy atom. The number of piperazine rings is 1. The van der Waals surface area contributed by atoms with Gasteiger partial charge < -0.3 is 10.2 Å². The molecule has 1 fully saturated rings. The summed E-state index contributed by atoms with van der Waals surface area (Å²) in [4.78, 5) is 30.3. The first-order valence-electron chi connectivity index (χ1n) is 8.49. The zero-order valence-electron chi connectivity index (χ0n) is 14.6. The summed E-state index contributed by atoms with van der Waals surface area (Å²) in [5, 5.41) is 9.00. The summed E-state index contributed by atoms with van der Waals surface area (Å²) in [6.07, 6.45) is 0. The van der Waals surface area contributed by atoms with E-state index < -0.39 is 0 Å². The zero-order valence-corrected chi connectivity index (χ0v) is 14.6. The smallest absolute Gasteiger partial charge is 0.340 e. The molecule has 1 saturated heterocycles. The number of rotatable bonds is 5. The molecule has 1 aliphatic heterocycles. The SMILES string of the molecule is Cc1cccc(N2CCN(CC(=O)N[C@@H](C)c3n[nH]c(=O)[nH]3)CC2)c1. The van der Waals surface area contributed by atoms with Crippen LogP contribution in [0.4, 0.5) is 5.69 Å². The quantitative estimate of drug-likeness (QED) is 0.730. The minimum Gasteiger partial charge on any atom is -0.369 e. The van der Waals surface area contributed by atoms with Gasteiger partial charge in [-0.1, -0.05) is 12.1 Å². The van der Waals surface area contributed by atoms with Gasteiger partial charge in [0, 0.05) is 31.9 Å². The lowest BCUT2D eigenvalue weighted by Crippen LogP contribution is -2.49. The third-order valence-corrected chi connectivity index (χ3v) is 4.41. The van der Waals surface area contributed by atoms with Crippen molar-refractivity contribution in [2.45, 2.75) is 19.9 Å². The van der Waals surface area contributed by atoms with E-state index in [1.807, 2.05) is 0 Å². The summed E-state index contributed by atoms with van der Waals surface area (Å²) in [5.74, 6) is 0.364. The molecule has 0 radical (unpaired) electrons. The number of H-pyrrole nitrogens is 2. The molecule has 0 bridgehead atoms.